The van der Waals surface area contributed by atoms with Gasteiger partial charge in [-0.15, -0.1) is 0 Å². The number of benzene rings is 4. The number of halogens is 5. The molecule has 0 aliphatic carbocycles. The van der Waals surface area contributed by atoms with Crippen molar-refractivity contribution >= 4 is 22.5 Å². The van der Waals surface area contributed by atoms with Gasteiger partial charge in [0.25, 0.3) is 0 Å². The second kappa shape index (κ2) is 9.66. The lowest BCUT2D eigenvalue weighted by atomic mass is 10.0. The second-order valence-electron chi connectivity index (χ2n) is 8.21. The van der Waals surface area contributed by atoms with Crippen LogP contribution < -0.4 is 4.74 Å². The number of hydrogen-bond acceptors (Lipinski definition) is 2. The molecule has 5 rings (SSSR count). The van der Waals surface area contributed by atoms with Crippen molar-refractivity contribution in [2.24, 2.45) is 0 Å². The van der Waals surface area contributed by atoms with Gasteiger partial charge in [-0.3, -0.25) is 4.68 Å². The minimum Gasteiger partial charge on any atom is -0.489 e. The standard InChI is InChI=1S/C28H19ClF4N2O/c29-24-13-6-14-25(30)22(24)17-36-20-10-4-9-19(15-20)27-21-11-5-12-23(28(31,32)33)26(21)34-35(27)16-18-7-2-1-3-8-18/h1-15H,16-17H2. The molecular formula is C28H19ClF4N2O. The first-order valence-corrected chi connectivity index (χ1v) is 11.5. The van der Waals surface area contributed by atoms with Crippen LogP contribution in [0.2, 0.25) is 5.02 Å². The molecule has 0 saturated carbocycles. The first kappa shape index (κ1) is 23.9. The largest absolute Gasteiger partial charge is 0.489 e. The Balaban J connectivity index is 1.58. The van der Waals surface area contributed by atoms with Crippen LogP contribution in [-0.4, -0.2) is 9.78 Å². The average Bonchev–Trinajstić information content (AvgIpc) is 3.21. The molecule has 0 amide bonds. The molecule has 3 nitrogen and oxygen atoms in total. The average molecular weight is 511 g/mol. The molecule has 0 fully saturated rings. The van der Waals surface area contributed by atoms with Crippen LogP contribution in [0.1, 0.15) is 16.7 Å². The third-order valence-electron chi connectivity index (χ3n) is 5.80. The van der Waals surface area contributed by atoms with Crippen LogP contribution in [0, 0.1) is 5.82 Å². The van der Waals surface area contributed by atoms with Gasteiger partial charge in [-0.1, -0.05) is 72.3 Å². The van der Waals surface area contributed by atoms with Gasteiger partial charge < -0.3 is 4.74 Å². The maximum atomic E-state index is 14.2. The van der Waals surface area contributed by atoms with E-state index in [1.165, 1.54) is 18.2 Å². The Kier molecular flexibility index (Phi) is 6.41. The summed E-state index contributed by atoms with van der Waals surface area (Å²) >= 11 is 6.10. The number of nitrogens with zero attached hydrogens (tertiary/aromatic N) is 2. The monoisotopic (exact) mass is 510 g/mol. The van der Waals surface area contributed by atoms with E-state index in [0.29, 0.717) is 22.4 Å². The molecule has 0 spiro atoms. The molecule has 0 atom stereocenters. The molecule has 1 heterocycles. The summed E-state index contributed by atoms with van der Waals surface area (Å²) in [5.74, 6) is -0.0651. The van der Waals surface area contributed by atoms with Crippen molar-refractivity contribution in [1.82, 2.24) is 9.78 Å². The molecule has 0 radical (unpaired) electrons. The Morgan fingerprint density at radius 2 is 1.61 bits per heavy atom. The lowest BCUT2D eigenvalue weighted by Gasteiger charge is -2.12. The van der Waals surface area contributed by atoms with Gasteiger partial charge in [-0.2, -0.15) is 18.3 Å². The molecule has 1 aromatic heterocycles. The summed E-state index contributed by atoms with van der Waals surface area (Å²) in [7, 11) is 0. The van der Waals surface area contributed by atoms with Gasteiger partial charge in [-0.05, 0) is 35.9 Å². The van der Waals surface area contributed by atoms with Gasteiger partial charge in [0, 0.05) is 16.5 Å². The lowest BCUT2D eigenvalue weighted by molar-refractivity contribution is -0.136. The molecule has 4 aromatic carbocycles. The molecule has 0 bridgehead atoms. The van der Waals surface area contributed by atoms with Crippen molar-refractivity contribution in [2.45, 2.75) is 19.3 Å². The van der Waals surface area contributed by atoms with Crippen LogP contribution in [0.25, 0.3) is 22.2 Å². The van der Waals surface area contributed by atoms with E-state index in [2.05, 4.69) is 5.10 Å². The lowest BCUT2D eigenvalue weighted by Crippen LogP contribution is -2.06. The summed E-state index contributed by atoms with van der Waals surface area (Å²) in [5.41, 5.74) is 1.33. The Labute approximate surface area is 209 Å². The van der Waals surface area contributed by atoms with E-state index >= 15 is 0 Å². The quantitative estimate of drug-likeness (QED) is 0.216. The van der Waals surface area contributed by atoms with Crippen molar-refractivity contribution in [1.29, 1.82) is 0 Å². The Morgan fingerprint density at radius 3 is 2.36 bits per heavy atom. The van der Waals surface area contributed by atoms with E-state index in [0.717, 1.165) is 11.6 Å². The van der Waals surface area contributed by atoms with Crippen molar-refractivity contribution < 1.29 is 22.3 Å². The highest BCUT2D eigenvalue weighted by Crippen LogP contribution is 2.39. The van der Waals surface area contributed by atoms with Gasteiger partial charge in [0.15, 0.2) is 0 Å². The molecule has 36 heavy (non-hydrogen) atoms. The van der Waals surface area contributed by atoms with Crippen LogP contribution in [-0.2, 0) is 19.3 Å². The highest BCUT2D eigenvalue weighted by molar-refractivity contribution is 6.31. The van der Waals surface area contributed by atoms with Crippen molar-refractivity contribution in [3.05, 3.63) is 119 Å². The Morgan fingerprint density at radius 1 is 0.861 bits per heavy atom. The normalized spacial score (nSPS) is 11.7. The first-order valence-electron chi connectivity index (χ1n) is 11.1. The number of fused-ring (bicyclic) bond motifs is 1. The highest BCUT2D eigenvalue weighted by atomic mass is 35.5. The van der Waals surface area contributed by atoms with E-state index in [1.807, 2.05) is 30.3 Å². The summed E-state index contributed by atoms with van der Waals surface area (Å²) in [6, 6.07) is 24.7. The molecule has 0 aliphatic rings. The van der Waals surface area contributed by atoms with E-state index in [-0.39, 0.29) is 29.3 Å². The molecule has 0 saturated heterocycles. The minimum absolute atomic E-state index is 0.1000. The Hall–Kier alpha value is -3.84. The molecule has 8 heteroatoms. The van der Waals surface area contributed by atoms with Gasteiger partial charge in [-0.25, -0.2) is 4.39 Å². The number of hydrogen-bond donors (Lipinski definition) is 0. The minimum atomic E-state index is -4.55. The van der Waals surface area contributed by atoms with Crippen LogP contribution >= 0.6 is 11.6 Å². The number of alkyl halides is 3. The SMILES string of the molecule is Fc1cccc(Cl)c1COc1cccc(-c2c3cccc(C(F)(F)F)c3nn2Cc2ccccc2)c1. The zero-order valence-electron chi connectivity index (χ0n) is 18.8. The second-order valence-corrected chi connectivity index (χ2v) is 8.62. The molecule has 0 unspecified atom stereocenters. The van der Waals surface area contributed by atoms with Gasteiger partial charge >= 0.3 is 6.18 Å². The number of aromatic nitrogens is 2. The predicted octanol–water partition coefficient (Wildman–Crippen LogP) is 8.14. The fourth-order valence-corrected chi connectivity index (χ4v) is 4.33. The van der Waals surface area contributed by atoms with E-state index in [4.69, 9.17) is 16.3 Å². The van der Waals surface area contributed by atoms with Crippen LogP contribution in [0.4, 0.5) is 17.6 Å². The van der Waals surface area contributed by atoms with Crippen LogP contribution in [0.15, 0.2) is 91.0 Å². The van der Waals surface area contributed by atoms with Crippen molar-refractivity contribution in [3.63, 3.8) is 0 Å². The summed E-state index contributed by atoms with van der Waals surface area (Å²) in [4.78, 5) is 0. The zero-order valence-corrected chi connectivity index (χ0v) is 19.5. The number of ether oxygens (including phenoxy) is 1. The molecule has 0 aliphatic heterocycles. The fourth-order valence-electron chi connectivity index (χ4n) is 4.12. The summed E-state index contributed by atoms with van der Waals surface area (Å²) in [5, 5.41) is 5.00. The number of rotatable bonds is 6. The molecular weight excluding hydrogens is 492 g/mol. The maximum Gasteiger partial charge on any atom is 0.418 e. The Bertz CT molecular complexity index is 1510. The van der Waals surface area contributed by atoms with Gasteiger partial charge in [0.1, 0.15) is 23.7 Å². The smallest absolute Gasteiger partial charge is 0.418 e. The zero-order chi connectivity index (χ0) is 25.3. The first-order chi connectivity index (χ1) is 17.3. The summed E-state index contributed by atoms with van der Waals surface area (Å²) < 4.78 is 62.8. The summed E-state index contributed by atoms with van der Waals surface area (Å²) in [6.45, 7) is 0.176. The van der Waals surface area contributed by atoms with Gasteiger partial charge in [0.05, 0.1) is 22.8 Å². The third-order valence-corrected chi connectivity index (χ3v) is 6.16. The summed E-state index contributed by atoms with van der Waals surface area (Å²) in [6.07, 6.45) is -4.55. The van der Waals surface area contributed by atoms with E-state index in [1.54, 1.807) is 41.1 Å². The highest BCUT2D eigenvalue weighted by Gasteiger charge is 2.34. The van der Waals surface area contributed by atoms with E-state index in [9.17, 15) is 17.6 Å². The van der Waals surface area contributed by atoms with E-state index < -0.39 is 17.6 Å². The molecule has 0 N–H and O–H groups in total. The predicted molar refractivity (Wildman–Crippen MR) is 131 cm³/mol. The van der Waals surface area contributed by atoms with Gasteiger partial charge in [0.2, 0.25) is 0 Å². The molecule has 5 aromatic rings. The topological polar surface area (TPSA) is 27.1 Å². The molecule has 182 valence electrons. The van der Waals surface area contributed by atoms with Crippen LogP contribution in [0.5, 0.6) is 5.75 Å². The maximum absolute atomic E-state index is 14.2. The van der Waals surface area contributed by atoms with Crippen molar-refractivity contribution in [2.75, 3.05) is 0 Å². The third kappa shape index (κ3) is 4.79. The fraction of sp³-hybridized carbons (Fsp3) is 0.107. The van der Waals surface area contributed by atoms with Crippen LogP contribution in [0.3, 0.4) is 0 Å². The van der Waals surface area contributed by atoms with Crippen molar-refractivity contribution in [3.8, 4) is 17.0 Å².